The maximum Gasteiger partial charge on any atom is 0.0201 e. The summed E-state index contributed by atoms with van der Waals surface area (Å²) in [5.74, 6) is 0. The molecule has 0 bridgehead atoms. The van der Waals surface area contributed by atoms with Gasteiger partial charge in [-0.3, -0.25) is 0 Å². The SMILES string of the molecule is [c]1ccccc1Sc1[c]cccc1. The van der Waals surface area contributed by atoms with Crippen molar-refractivity contribution in [2.75, 3.05) is 0 Å². The Morgan fingerprint density at radius 3 is 1.69 bits per heavy atom. The minimum absolute atomic E-state index is 1.13. The molecular formula is C12H8S. The molecule has 0 nitrogen and oxygen atoms in total. The van der Waals surface area contributed by atoms with Crippen LogP contribution in [0.4, 0.5) is 0 Å². The molecule has 2 aromatic carbocycles. The van der Waals surface area contributed by atoms with E-state index in [0.717, 1.165) is 9.79 Å². The van der Waals surface area contributed by atoms with Crippen LogP contribution in [-0.2, 0) is 0 Å². The normalized spacial score (nSPS) is 9.85. The van der Waals surface area contributed by atoms with Gasteiger partial charge in [0.1, 0.15) is 0 Å². The second kappa shape index (κ2) is 4.15. The smallest absolute Gasteiger partial charge is 0.0201 e. The van der Waals surface area contributed by atoms with Crippen LogP contribution in [0.2, 0.25) is 0 Å². The molecule has 62 valence electrons. The van der Waals surface area contributed by atoms with Gasteiger partial charge in [0, 0.05) is 9.79 Å². The Hall–Kier alpha value is -1.21. The standard InChI is InChI=1S/C12H8S/c1-3-7-11(8-4-1)13-12-9-5-2-6-10-12/h1-7,9H. The van der Waals surface area contributed by atoms with E-state index in [-0.39, 0.29) is 0 Å². The molecule has 0 amide bonds. The first-order valence-corrected chi connectivity index (χ1v) is 4.88. The summed E-state index contributed by atoms with van der Waals surface area (Å²) in [5.41, 5.74) is 0. The fourth-order valence-corrected chi connectivity index (χ4v) is 1.78. The Kier molecular flexibility index (Phi) is 2.68. The molecule has 0 saturated carbocycles. The zero-order valence-corrected chi connectivity index (χ0v) is 7.84. The van der Waals surface area contributed by atoms with Gasteiger partial charge in [0.2, 0.25) is 0 Å². The minimum Gasteiger partial charge on any atom is -0.0888 e. The molecule has 0 atom stereocenters. The Balaban J connectivity index is 2.16. The van der Waals surface area contributed by atoms with E-state index < -0.39 is 0 Å². The second-order valence-electron chi connectivity index (χ2n) is 2.56. The highest BCUT2D eigenvalue weighted by atomic mass is 32.2. The van der Waals surface area contributed by atoms with Crippen LogP contribution in [0, 0.1) is 12.1 Å². The lowest BCUT2D eigenvalue weighted by atomic mass is 10.4. The van der Waals surface area contributed by atoms with Gasteiger partial charge in [0.15, 0.2) is 0 Å². The third kappa shape index (κ3) is 2.36. The summed E-state index contributed by atoms with van der Waals surface area (Å²) in [6, 6.07) is 22.2. The van der Waals surface area contributed by atoms with Gasteiger partial charge < -0.3 is 0 Å². The van der Waals surface area contributed by atoms with Crippen LogP contribution in [0.15, 0.2) is 58.3 Å². The molecule has 0 N–H and O–H groups in total. The van der Waals surface area contributed by atoms with E-state index >= 15 is 0 Å². The molecule has 1 heteroatoms. The molecule has 0 aliphatic carbocycles. The summed E-state index contributed by atoms with van der Waals surface area (Å²) in [4.78, 5) is 2.26. The highest BCUT2D eigenvalue weighted by Crippen LogP contribution is 2.25. The summed E-state index contributed by atoms with van der Waals surface area (Å²) >= 11 is 1.68. The van der Waals surface area contributed by atoms with E-state index in [0.29, 0.717) is 0 Å². The number of hydrogen-bond acceptors (Lipinski definition) is 1. The number of rotatable bonds is 2. The van der Waals surface area contributed by atoms with E-state index in [2.05, 4.69) is 12.1 Å². The quantitative estimate of drug-likeness (QED) is 0.689. The molecule has 0 saturated heterocycles. The van der Waals surface area contributed by atoms with Crippen LogP contribution in [0.3, 0.4) is 0 Å². The van der Waals surface area contributed by atoms with Gasteiger partial charge in [0.25, 0.3) is 0 Å². The first-order chi connectivity index (χ1) is 6.45. The molecule has 0 aliphatic heterocycles. The van der Waals surface area contributed by atoms with E-state index in [1.165, 1.54) is 0 Å². The molecule has 0 spiro atoms. The predicted molar refractivity (Wildman–Crippen MR) is 54.7 cm³/mol. The molecule has 2 radical (unpaired) electrons. The largest absolute Gasteiger partial charge is 0.0888 e. The summed E-state index contributed by atoms with van der Waals surface area (Å²) in [5, 5.41) is 0. The van der Waals surface area contributed by atoms with Crippen LogP contribution in [0.1, 0.15) is 0 Å². The van der Waals surface area contributed by atoms with Crippen molar-refractivity contribution in [2.24, 2.45) is 0 Å². The average molecular weight is 184 g/mol. The van der Waals surface area contributed by atoms with E-state index in [4.69, 9.17) is 0 Å². The Morgan fingerprint density at radius 1 is 0.769 bits per heavy atom. The van der Waals surface area contributed by atoms with Gasteiger partial charge in [-0.1, -0.05) is 48.2 Å². The van der Waals surface area contributed by atoms with Crippen LogP contribution < -0.4 is 0 Å². The van der Waals surface area contributed by atoms with Gasteiger partial charge >= 0.3 is 0 Å². The monoisotopic (exact) mass is 184 g/mol. The predicted octanol–water partition coefficient (Wildman–Crippen LogP) is 3.44. The maximum absolute atomic E-state index is 3.16. The molecule has 2 aromatic rings. The van der Waals surface area contributed by atoms with Gasteiger partial charge in [-0.15, -0.1) is 0 Å². The van der Waals surface area contributed by atoms with E-state index in [9.17, 15) is 0 Å². The van der Waals surface area contributed by atoms with Crippen LogP contribution in [-0.4, -0.2) is 0 Å². The van der Waals surface area contributed by atoms with Crippen molar-refractivity contribution in [3.8, 4) is 0 Å². The summed E-state index contributed by atoms with van der Waals surface area (Å²) in [7, 11) is 0. The van der Waals surface area contributed by atoms with E-state index in [1.807, 2.05) is 48.5 Å². The fraction of sp³-hybridized carbons (Fsp3) is 0. The van der Waals surface area contributed by atoms with Crippen molar-refractivity contribution in [3.63, 3.8) is 0 Å². The lowest BCUT2D eigenvalue weighted by molar-refractivity contribution is 1.39. The molecular weight excluding hydrogens is 176 g/mol. The van der Waals surface area contributed by atoms with Crippen molar-refractivity contribution >= 4 is 11.8 Å². The van der Waals surface area contributed by atoms with Crippen LogP contribution in [0.5, 0.6) is 0 Å². The zero-order valence-electron chi connectivity index (χ0n) is 7.03. The minimum atomic E-state index is 1.13. The molecule has 13 heavy (non-hydrogen) atoms. The summed E-state index contributed by atoms with van der Waals surface area (Å²) < 4.78 is 0. The van der Waals surface area contributed by atoms with Gasteiger partial charge in [-0.2, -0.15) is 0 Å². The molecule has 0 unspecified atom stereocenters. The first-order valence-electron chi connectivity index (χ1n) is 4.06. The van der Waals surface area contributed by atoms with Crippen molar-refractivity contribution in [3.05, 3.63) is 60.7 Å². The lowest BCUT2D eigenvalue weighted by Gasteiger charge is -1.98. The second-order valence-corrected chi connectivity index (χ2v) is 3.64. The van der Waals surface area contributed by atoms with Crippen molar-refractivity contribution in [1.82, 2.24) is 0 Å². The Bertz CT molecular complexity index is 316. The van der Waals surface area contributed by atoms with E-state index in [1.54, 1.807) is 11.8 Å². The third-order valence-corrected chi connectivity index (χ3v) is 2.53. The average Bonchev–Trinajstić information content (AvgIpc) is 2.21. The highest BCUT2D eigenvalue weighted by Gasteiger charge is 1.94. The highest BCUT2D eigenvalue weighted by molar-refractivity contribution is 7.99. The topological polar surface area (TPSA) is 0 Å². The Morgan fingerprint density at radius 2 is 1.31 bits per heavy atom. The first kappa shape index (κ1) is 8.39. The summed E-state index contributed by atoms with van der Waals surface area (Å²) in [6.45, 7) is 0. The van der Waals surface area contributed by atoms with Gasteiger partial charge in [0.05, 0.1) is 0 Å². The van der Waals surface area contributed by atoms with Gasteiger partial charge in [-0.05, 0) is 24.3 Å². The fourth-order valence-electron chi connectivity index (χ4n) is 0.999. The van der Waals surface area contributed by atoms with Crippen LogP contribution in [0.25, 0.3) is 0 Å². The van der Waals surface area contributed by atoms with Crippen molar-refractivity contribution in [2.45, 2.75) is 9.79 Å². The molecule has 0 aliphatic rings. The molecule has 0 aromatic heterocycles. The van der Waals surface area contributed by atoms with Gasteiger partial charge in [-0.25, -0.2) is 0 Å². The number of hydrogen-bond donors (Lipinski definition) is 0. The Labute approximate surface area is 82.6 Å². The van der Waals surface area contributed by atoms with Crippen LogP contribution >= 0.6 is 11.8 Å². The zero-order chi connectivity index (χ0) is 8.93. The maximum atomic E-state index is 3.16. The molecule has 0 heterocycles. The number of benzene rings is 2. The third-order valence-electron chi connectivity index (χ3n) is 1.58. The summed E-state index contributed by atoms with van der Waals surface area (Å²) in [6.07, 6.45) is 0. The van der Waals surface area contributed by atoms with Crippen molar-refractivity contribution in [1.29, 1.82) is 0 Å². The molecule has 2 rings (SSSR count). The van der Waals surface area contributed by atoms with Crippen molar-refractivity contribution < 1.29 is 0 Å². The lowest BCUT2D eigenvalue weighted by Crippen LogP contribution is -1.71. The molecule has 0 fully saturated rings.